The Bertz CT molecular complexity index is 1730. The van der Waals surface area contributed by atoms with Crippen LogP contribution in [-0.2, 0) is 0 Å². The number of H-pyrrole nitrogens is 2. The zero-order chi connectivity index (χ0) is 30.4. The van der Waals surface area contributed by atoms with Gasteiger partial charge < -0.3 is 10.3 Å². The van der Waals surface area contributed by atoms with Crippen LogP contribution in [0.2, 0.25) is 0 Å². The normalized spacial score (nSPS) is 13.9. The second-order valence-electron chi connectivity index (χ2n) is 10.1. The number of aryl methyl sites for hydroxylation is 1. The number of hydrogen-bond acceptors (Lipinski definition) is 4. The van der Waals surface area contributed by atoms with Gasteiger partial charge in [-0.25, -0.2) is 4.98 Å². The molecule has 1 aliphatic carbocycles. The Kier molecular flexibility index (Phi) is 9.81. The molecule has 216 valence electrons. The van der Waals surface area contributed by atoms with Crippen molar-refractivity contribution in [2.45, 2.75) is 47.5 Å². The van der Waals surface area contributed by atoms with Crippen LogP contribution in [0, 0.1) is 12.8 Å². The SMILES string of the molecule is C=C/C=C(/c1ccc(C(=C)C)s1)c1cc(-c2[nH]nc3ncc(C(/C=C(\C=C)NC(=C)C4CC4)=C/C)cc23)[nH]c1C.CC. The van der Waals surface area contributed by atoms with Crippen LogP contribution in [-0.4, -0.2) is 20.2 Å². The number of nitrogens with one attached hydrogen (secondary N) is 3. The van der Waals surface area contributed by atoms with Gasteiger partial charge in [-0.2, -0.15) is 5.10 Å². The molecule has 0 spiro atoms. The minimum absolute atomic E-state index is 0.563. The third kappa shape index (κ3) is 6.55. The molecule has 6 heteroatoms. The van der Waals surface area contributed by atoms with Crippen LogP contribution in [0.15, 0.2) is 98.6 Å². The first-order chi connectivity index (χ1) is 20.3. The Morgan fingerprint density at radius 3 is 2.48 bits per heavy atom. The van der Waals surface area contributed by atoms with E-state index in [1.807, 2.05) is 46.0 Å². The Balaban J connectivity index is 0.00000198. The van der Waals surface area contributed by atoms with Gasteiger partial charge in [-0.1, -0.05) is 58.4 Å². The number of hydrogen-bond donors (Lipinski definition) is 3. The van der Waals surface area contributed by atoms with Gasteiger partial charge in [0.05, 0.1) is 11.4 Å². The monoisotopic (exact) mass is 575 g/mol. The minimum Gasteiger partial charge on any atom is -0.359 e. The van der Waals surface area contributed by atoms with Crippen molar-refractivity contribution in [2.75, 3.05) is 0 Å². The molecule has 0 atom stereocenters. The van der Waals surface area contributed by atoms with E-state index in [0.717, 1.165) is 61.7 Å². The van der Waals surface area contributed by atoms with Crippen LogP contribution >= 0.6 is 11.3 Å². The summed E-state index contributed by atoms with van der Waals surface area (Å²) in [6.45, 7) is 26.4. The van der Waals surface area contributed by atoms with Gasteiger partial charge in [0.15, 0.2) is 5.65 Å². The molecule has 0 amide bonds. The average Bonchev–Trinajstić information content (AvgIpc) is 3.40. The molecule has 5 rings (SSSR count). The third-order valence-corrected chi connectivity index (χ3v) is 8.39. The zero-order valence-corrected chi connectivity index (χ0v) is 26.2. The predicted molar refractivity (Wildman–Crippen MR) is 183 cm³/mol. The van der Waals surface area contributed by atoms with Crippen LogP contribution in [0.3, 0.4) is 0 Å². The number of aromatic amines is 2. The lowest BCUT2D eigenvalue weighted by Crippen LogP contribution is -2.11. The Hall–Kier alpha value is -4.42. The average molecular weight is 576 g/mol. The molecule has 0 bridgehead atoms. The van der Waals surface area contributed by atoms with Crippen molar-refractivity contribution < 1.29 is 0 Å². The number of pyridine rings is 1. The lowest BCUT2D eigenvalue weighted by Gasteiger charge is -2.11. The second-order valence-corrected chi connectivity index (χ2v) is 11.2. The first-order valence-electron chi connectivity index (χ1n) is 14.4. The topological polar surface area (TPSA) is 69.4 Å². The molecular formula is C36H41N5S. The van der Waals surface area contributed by atoms with Crippen molar-refractivity contribution >= 4 is 39.1 Å². The molecule has 4 aromatic heterocycles. The number of aromatic nitrogens is 4. The molecule has 42 heavy (non-hydrogen) atoms. The molecule has 0 aromatic carbocycles. The van der Waals surface area contributed by atoms with E-state index >= 15 is 0 Å². The highest BCUT2D eigenvalue weighted by Gasteiger charge is 2.24. The molecule has 1 aliphatic rings. The summed E-state index contributed by atoms with van der Waals surface area (Å²) in [6, 6.07) is 8.58. The fourth-order valence-electron chi connectivity index (χ4n) is 4.74. The van der Waals surface area contributed by atoms with Crippen molar-refractivity contribution in [3.05, 3.63) is 125 Å². The van der Waals surface area contributed by atoms with Crippen LogP contribution in [0.4, 0.5) is 0 Å². The Labute approximate surface area is 253 Å². The van der Waals surface area contributed by atoms with Gasteiger partial charge in [0.1, 0.15) is 0 Å². The van der Waals surface area contributed by atoms with Crippen molar-refractivity contribution in [3.8, 4) is 11.4 Å². The maximum Gasteiger partial charge on any atom is 0.181 e. The third-order valence-electron chi connectivity index (χ3n) is 7.11. The van der Waals surface area contributed by atoms with E-state index in [0.29, 0.717) is 11.6 Å². The second kappa shape index (κ2) is 13.5. The number of thiophene rings is 1. The van der Waals surface area contributed by atoms with Crippen LogP contribution < -0.4 is 5.32 Å². The smallest absolute Gasteiger partial charge is 0.181 e. The highest BCUT2D eigenvalue weighted by molar-refractivity contribution is 7.14. The highest BCUT2D eigenvalue weighted by atomic mass is 32.1. The largest absolute Gasteiger partial charge is 0.359 e. The van der Waals surface area contributed by atoms with Crippen molar-refractivity contribution in [3.63, 3.8) is 0 Å². The number of allylic oxidation sites excluding steroid dienone is 8. The molecule has 0 radical (unpaired) electrons. The molecule has 4 aromatic rings. The van der Waals surface area contributed by atoms with Gasteiger partial charge >= 0.3 is 0 Å². The summed E-state index contributed by atoms with van der Waals surface area (Å²) >= 11 is 1.74. The number of fused-ring (bicyclic) bond motifs is 1. The van der Waals surface area contributed by atoms with Gasteiger partial charge in [-0.3, -0.25) is 5.10 Å². The molecule has 0 aliphatic heterocycles. The summed E-state index contributed by atoms with van der Waals surface area (Å²) in [5, 5.41) is 12.1. The van der Waals surface area contributed by atoms with Crippen molar-refractivity contribution in [1.82, 2.24) is 25.5 Å². The summed E-state index contributed by atoms with van der Waals surface area (Å²) < 4.78 is 0. The fourth-order valence-corrected chi connectivity index (χ4v) is 5.71. The number of rotatable bonds is 11. The molecule has 1 saturated carbocycles. The van der Waals surface area contributed by atoms with E-state index in [9.17, 15) is 0 Å². The first-order valence-corrected chi connectivity index (χ1v) is 15.2. The summed E-state index contributed by atoms with van der Waals surface area (Å²) in [7, 11) is 0. The Morgan fingerprint density at radius 1 is 1.12 bits per heavy atom. The number of nitrogens with zero attached hydrogens (tertiary/aromatic N) is 2. The lowest BCUT2D eigenvalue weighted by atomic mass is 10.0. The van der Waals surface area contributed by atoms with Gasteiger partial charge in [0.25, 0.3) is 0 Å². The summed E-state index contributed by atoms with van der Waals surface area (Å²) in [5.41, 5.74) is 10.9. The first kappa shape index (κ1) is 30.5. The van der Waals surface area contributed by atoms with Gasteiger partial charge in [-0.05, 0) is 87.1 Å². The van der Waals surface area contributed by atoms with E-state index in [-0.39, 0.29) is 0 Å². The quantitative estimate of drug-likeness (QED) is 0.156. The maximum absolute atomic E-state index is 4.67. The molecule has 3 N–H and O–H groups in total. The maximum atomic E-state index is 4.67. The molecule has 4 heterocycles. The van der Waals surface area contributed by atoms with Gasteiger partial charge in [0, 0.05) is 55.1 Å². The van der Waals surface area contributed by atoms with Crippen LogP contribution in [0.25, 0.3) is 39.1 Å². The molecule has 1 fully saturated rings. The fraction of sp³-hybridized carbons (Fsp3) is 0.222. The molecule has 0 unspecified atom stereocenters. The van der Waals surface area contributed by atoms with Gasteiger partial charge in [0.2, 0.25) is 0 Å². The molecule has 5 nitrogen and oxygen atoms in total. The van der Waals surface area contributed by atoms with Crippen molar-refractivity contribution in [1.29, 1.82) is 0 Å². The van der Waals surface area contributed by atoms with Crippen LogP contribution in [0.5, 0.6) is 0 Å². The van der Waals surface area contributed by atoms with E-state index in [2.05, 4.69) is 101 Å². The highest BCUT2D eigenvalue weighted by Crippen LogP contribution is 2.37. The lowest BCUT2D eigenvalue weighted by molar-refractivity contribution is 0.865. The summed E-state index contributed by atoms with van der Waals surface area (Å²) in [4.78, 5) is 10.6. The van der Waals surface area contributed by atoms with E-state index in [1.165, 1.54) is 22.6 Å². The van der Waals surface area contributed by atoms with E-state index < -0.39 is 0 Å². The zero-order valence-electron chi connectivity index (χ0n) is 25.4. The Morgan fingerprint density at radius 2 is 1.86 bits per heavy atom. The van der Waals surface area contributed by atoms with E-state index in [1.54, 1.807) is 11.3 Å². The van der Waals surface area contributed by atoms with Crippen molar-refractivity contribution in [2.24, 2.45) is 5.92 Å². The summed E-state index contributed by atoms with van der Waals surface area (Å²) in [6.07, 6.45) is 14.2. The van der Waals surface area contributed by atoms with Gasteiger partial charge in [-0.15, -0.1) is 11.3 Å². The standard InChI is InChI=1S/C34H35N5S.C2H6/c1-8-11-27(32-15-14-31(40-32)20(4)5)28-18-30(37-22(28)7)33-29-17-25(19-35-34(29)39-38-33)23(9-2)16-26(10-3)36-21(6)24-12-13-24;1-2/h8-11,14-19,24,36-37H,1,3-4,6,12-13H2,2,5,7H3,(H,35,38,39);1-2H3/b23-9+,26-16+,27-11+;. The molecular weight excluding hydrogens is 534 g/mol. The van der Waals surface area contributed by atoms with E-state index in [4.69, 9.17) is 0 Å². The summed E-state index contributed by atoms with van der Waals surface area (Å²) in [5.74, 6) is 0.563. The molecule has 0 saturated heterocycles. The predicted octanol–water partition coefficient (Wildman–Crippen LogP) is 9.99. The van der Waals surface area contributed by atoms with Crippen LogP contribution in [0.1, 0.15) is 67.1 Å². The minimum atomic E-state index is 0.563.